The summed E-state index contributed by atoms with van der Waals surface area (Å²) in [5.41, 5.74) is 0.733. The molecule has 1 aromatic heterocycles. The molecule has 0 unspecified atom stereocenters. The van der Waals surface area contributed by atoms with Crippen LogP contribution in [0.15, 0.2) is 24.3 Å². The van der Waals surface area contributed by atoms with Gasteiger partial charge in [0.05, 0.1) is 23.9 Å². The van der Waals surface area contributed by atoms with Crippen LogP contribution in [0.2, 0.25) is 18.1 Å². The Bertz CT molecular complexity index is 1420. The first-order valence-electron chi connectivity index (χ1n) is 15.8. The van der Waals surface area contributed by atoms with Gasteiger partial charge in [-0.25, -0.2) is 4.68 Å². The Morgan fingerprint density at radius 2 is 1.75 bits per heavy atom. The smallest absolute Gasteiger partial charge is 0.411 e. The van der Waals surface area contributed by atoms with E-state index >= 15 is 0 Å². The van der Waals surface area contributed by atoms with E-state index in [0.29, 0.717) is 19.8 Å². The first-order valence-corrected chi connectivity index (χ1v) is 18.7. The molecule has 1 saturated heterocycles. The molecule has 2 amide bonds. The van der Waals surface area contributed by atoms with Crippen LogP contribution in [-0.4, -0.2) is 55.2 Å². The van der Waals surface area contributed by atoms with E-state index in [9.17, 15) is 22.8 Å². The summed E-state index contributed by atoms with van der Waals surface area (Å²) in [5, 5.41) is 8.10. The predicted octanol–water partition coefficient (Wildman–Crippen LogP) is 6.58. The normalized spacial score (nSPS) is 23.5. The summed E-state index contributed by atoms with van der Waals surface area (Å²) in [5.74, 6) is -0.254. The second-order valence-corrected chi connectivity index (χ2v) is 19.2. The van der Waals surface area contributed by atoms with E-state index in [2.05, 4.69) is 39.2 Å². The molecule has 12 heteroatoms. The standard InChI is InChI=1S/C32H43F3N4O4Si/c1-31(2,3)44(4,5)43-18-24-26-25(19-9-10-19)27(36-28(40)20-7-6-8-21(17-20)32(33,34)35)30(41)38(22-11-12-22)29(26)39(37-24)23-13-15-42-16-14-23/h6-8,17,19,22-23,25,27H,9-16,18H2,1-5H3,(H,36,40)/t25-,27-/m1/s1. The number of carbonyl (C=O) groups excluding carboxylic acids is 2. The third-order valence-corrected chi connectivity index (χ3v) is 14.6. The number of ether oxygens (including phenoxy) is 1. The van der Waals surface area contributed by atoms with Crippen molar-refractivity contribution >= 4 is 25.9 Å². The molecule has 2 atom stereocenters. The SMILES string of the molecule is CC(C)(C)[Si](C)(C)OCc1nn(C2CCOCC2)c2c1[C@@H](C1CC1)[C@@H](NC(=O)c1cccc(C(F)(F)F)c1)C(=O)N2C1CC1. The average Bonchev–Trinajstić information content (AvgIpc) is 3.90. The fourth-order valence-electron chi connectivity index (χ4n) is 6.26. The summed E-state index contributed by atoms with van der Waals surface area (Å²) in [7, 11) is -2.16. The van der Waals surface area contributed by atoms with Gasteiger partial charge in [-0.1, -0.05) is 26.8 Å². The van der Waals surface area contributed by atoms with Crippen LogP contribution in [0.3, 0.4) is 0 Å². The van der Waals surface area contributed by atoms with Crippen LogP contribution >= 0.6 is 0 Å². The van der Waals surface area contributed by atoms with Crippen molar-refractivity contribution in [1.82, 2.24) is 15.1 Å². The van der Waals surface area contributed by atoms with Gasteiger partial charge in [-0.15, -0.1) is 0 Å². The number of nitrogens with one attached hydrogen (secondary N) is 1. The van der Waals surface area contributed by atoms with E-state index in [4.69, 9.17) is 14.3 Å². The summed E-state index contributed by atoms with van der Waals surface area (Å²) in [4.78, 5) is 29.8. The maximum atomic E-state index is 14.4. The first kappa shape index (κ1) is 31.3. The van der Waals surface area contributed by atoms with Crippen LogP contribution in [-0.2, 0) is 26.7 Å². The number of amides is 2. The number of anilines is 1. The Balaban J connectivity index is 1.42. The third-order valence-electron chi connectivity index (χ3n) is 10.1. The fraction of sp³-hybridized carbons (Fsp3) is 0.656. The molecule has 2 saturated carbocycles. The highest BCUT2D eigenvalue weighted by Crippen LogP contribution is 2.54. The van der Waals surface area contributed by atoms with Crippen molar-refractivity contribution in [3.63, 3.8) is 0 Å². The minimum absolute atomic E-state index is 0.00110. The van der Waals surface area contributed by atoms with Gasteiger partial charge in [0.2, 0.25) is 0 Å². The molecule has 0 radical (unpaired) electrons. The minimum Gasteiger partial charge on any atom is -0.411 e. The Kier molecular flexibility index (Phi) is 8.02. The molecular formula is C32H43F3N4O4Si. The zero-order chi connectivity index (χ0) is 31.6. The van der Waals surface area contributed by atoms with E-state index < -0.39 is 32.0 Å². The quantitative estimate of drug-likeness (QED) is 0.333. The Hall–Kier alpha value is -2.70. The lowest BCUT2D eigenvalue weighted by molar-refractivity contribution is -0.137. The molecule has 2 aliphatic carbocycles. The summed E-state index contributed by atoms with van der Waals surface area (Å²) in [6, 6.07) is 3.54. The van der Waals surface area contributed by atoms with E-state index in [1.165, 1.54) is 12.1 Å². The van der Waals surface area contributed by atoms with Gasteiger partial charge in [0, 0.05) is 36.3 Å². The van der Waals surface area contributed by atoms with Gasteiger partial charge in [0.15, 0.2) is 8.32 Å². The molecule has 6 rings (SSSR count). The molecule has 0 bridgehead atoms. The van der Waals surface area contributed by atoms with Gasteiger partial charge >= 0.3 is 6.18 Å². The maximum Gasteiger partial charge on any atom is 0.416 e. The van der Waals surface area contributed by atoms with E-state index in [1.54, 1.807) is 0 Å². The van der Waals surface area contributed by atoms with Gasteiger partial charge in [0.25, 0.3) is 11.8 Å². The molecule has 44 heavy (non-hydrogen) atoms. The van der Waals surface area contributed by atoms with Crippen LogP contribution in [0.25, 0.3) is 0 Å². The average molecular weight is 633 g/mol. The zero-order valence-corrected chi connectivity index (χ0v) is 27.2. The molecule has 2 aromatic rings. The number of hydrogen-bond donors (Lipinski definition) is 1. The summed E-state index contributed by atoms with van der Waals surface area (Å²) < 4.78 is 54.8. The van der Waals surface area contributed by atoms with Gasteiger partial charge in [-0.05, 0) is 80.8 Å². The second-order valence-electron chi connectivity index (χ2n) is 14.4. The lowest BCUT2D eigenvalue weighted by Crippen LogP contribution is -2.56. The van der Waals surface area contributed by atoms with Crippen LogP contribution in [0, 0.1) is 5.92 Å². The number of aromatic nitrogens is 2. The van der Waals surface area contributed by atoms with E-state index in [0.717, 1.165) is 67.7 Å². The monoisotopic (exact) mass is 632 g/mol. The molecule has 0 spiro atoms. The van der Waals surface area contributed by atoms with Crippen LogP contribution < -0.4 is 10.2 Å². The first-order chi connectivity index (χ1) is 20.7. The van der Waals surface area contributed by atoms with Crippen molar-refractivity contribution in [2.45, 2.75) is 114 Å². The number of benzene rings is 1. The Morgan fingerprint density at radius 1 is 1.07 bits per heavy atom. The number of rotatable bonds is 8. The molecule has 1 N–H and O–H groups in total. The molecule has 3 fully saturated rings. The number of halogens is 3. The molecule has 8 nitrogen and oxygen atoms in total. The van der Waals surface area contributed by atoms with Crippen LogP contribution in [0.4, 0.5) is 19.0 Å². The van der Waals surface area contributed by atoms with E-state index in [1.807, 2.05) is 9.58 Å². The number of carbonyl (C=O) groups is 2. The predicted molar refractivity (Wildman–Crippen MR) is 162 cm³/mol. The highest BCUT2D eigenvalue weighted by Gasteiger charge is 2.54. The molecule has 2 aliphatic heterocycles. The van der Waals surface area contributed by atoms with E-state index in [-0.39, 0.29) is 40.4 Å². The summed E-state index contributed by atoms with van der Waals surface area (Å²) in [6.07, 6.45) is 0.497. The fourth-order valence-corrected chi connectivity index (χ4v) is 7.19. The second kappa shape index (κ2) is 11.3. The molecular weight excluding hydrogens is 589 g/mol. The number of alkyl halides is 3. The van der Waals surface area contributed by atoms with Crippen molar-refractivity contribution < 1.29 is 31.9 Å². The van der Waals surface area contributed by atoms with Gasteiger partial charge in [-0.3, -0.25) is 14.5 Å². The maximum absolute atomic E-state index is 14.4. The minimum atomic E-state index is -4.58. The Morgan fingerprint density at radius 3 is 2.34 bits per heavy atom. The number of nitrogens with zero attached hydrogens (tertiary/aromatic N) is 3. The van der Waals surface area contributed by atoms with Crippen molar-refractivity contribution in [3.05, 3.63) is 46.6 Å². The largest absolute Gasteiger partial charge is 0.416 e. The van der Waals surface area contributed by atoms with Crippen molar-refractivity contribution in [3.8, 4) is 0 Å². The highest BCUT2D eigenvalue weighted by molar-refractivity contribution is 6.74. The molecule has 4 aliphatic rings. The van der Waals surface area contributed by atoms with Crippen molar-refractivity contribution in [1.29, 1.82) is 0 Å². The molecule has 3 heterocycles. The summed E-state index contributed by atoms with van der Waals surface area (Å²) >= 11 is 0. The number of fused-ring (bicyclic) bond motifs is 1. The van der Waals surface area contributed by atoms with Crippen LogP contribution in [0.5, 0.6) is 0 Å². The van der Waals surface area contributed by atoms with Crippen molar-refractivity contribution in [2.24, 2.45) is 5.92 Å². The zero-order valence-electron chi connectivity index (χ0n) is 26.2. The lowest BCUT2D eigenvalue weighted by Gasteiger charge is -2.40. The topological polar surface area (TPSA) is 85.7 Å². The van der Waals surface area contributed by atoms with Gasteiger partial charge in [0.1, 0.15) is 11.9 Å². The highest BCUT2D eigenvalue weighted by atomic mass is 28.4. The Labute approximate surface area is 257 Å². The van der Waals surface area contributed by atoms with Crippen LogP contribution in [0.1, 0.15) is 98.4 Å². The van der Waals surface area contributed by atoms with Crippen molar-refractivity contribution in [2.75, 3.05) is 18.1 Å². The van der Waals surface area contributed by atoms with Gasteiger partial charge in [-0.2, -0.15) is 18.3 Å². The molecule has 1 aromatic carbocycles. The number of hydrogen-bond acceptors (Lipinski definition) is 5. The summed E-state index contributed by atoms with van der Waals surface area (Å²) in [6.45, 7) is 12.5. The molecule has 240 valence electrons. The van der Waals surface area contributed by atoms with Gasteiger partial charge < -0.3 is 14.5 Å². The lowest BCUT2D eigenvalue weighted by atomic mass is 9.82. The third kappa shape index (κ3) is 5.96.